The highest BCUT2D eigenvalue weighted by Gasteiger charge is 2.60. The van der Waals surface area contributed by atoms with E-state index in [1.54, 1.807) is 16.8 Å². The molecular weight excluding hydrogens is 510 g/mol. The Morgan fingerprint density at radius 1 is 0.875 bits per heavy atom. The molecule has 11 rings (SSSR count). The standard InChI is InChI=1S/C31H39N3O6/c32-23-1-2-34-26-25(40-29(34)33-23)24(39-28(36)31-12-19-6-20(13-31)8-21(7-19)14-31)22(38-26)15-37-27(35)30-9-16-3-17(10-30)5-18(4-16)11-30/h1-2,16-22,24-26,32H,3-15H2. The van der Waals surface area contributed by atoms with Gasteiger partial charge in [0.1, 0.15) is 12.7 Å². The van der Waals surface area contributed by atoms with Crippen molar-refractivity contribution in [3.05, 3.63) is 17.8 Å². The van der Waals surface area contributed by atoms with Crippen LogP contribution in [-0.2, 0) is 23.8 Å². The number of esters is 2. The number of ether oxygens (including phenoxy) is 4. The fourth-order valence-corrected chi connectivity index (χ4v) is 11.4. The van der Waals surface area contributed by atoms with Crippen LogP contribution in [0, 0.1) is 51.7 Å². The molecule has 3 heterocycles. The van der Waals surface area contributed by atoms with Gasteiger partial charge in [-0.2, -0.15) is 4.98 Å². The first-order chi connectivity index (χ1) is 19.3. The Bertz CT molecular complexity index is 1250. The first-order valence-electron chi connectivity index (χ1n) is 15.7. The van der Waals surface area contributed by atoms with Gasteiger partial charge in [0.2, 0.25) is 0 Å². The van der Waals surface area contributed by atoms with Crippen molar-refractivity contribution >= 4 is 11.9 Å². The molecular formula is C31H39N3O6. The largest absolute Gasteiger partial charge is 0.462 e. The first kappa shape index (κ1) is 24.2. The fourth-order valence-electron chi connectivity index (χ4n) is 11.4. The minimum absolute atomic E-state index is 0.0512. The van der Waals surface area contributed by atoms with E-state index >= 15 is 0 Å². The van der Waals surface area contributed by atoms with Crippen LogP contribution >= 0.6 is 0 Å². The van der Waals surface area contributed by atoms with Gasteiger partial charge < -0.3 is 18.9 Å². The Balaban J connectivity index is 0.962. The Labute approximate surface area is 233 Å². The predicted molar refractivity (Wildman–Crippen MR) is 138 cm³/mol. The average Bonchev–Trinajstić information content (AvgIpc) is 3.41. The zero-order chi connectivity index (χ0) is 26.8. The lowest BCUT2D eigenvalue weighted by atomic mass is 9.49. The van der Waals surface area contributed by atoms with E-state index in [9.17, 15) is 9.59 Å². The van der Waals surface area contributed by atoms with Gasteiger partial charge in [-0.15, -0.1) is 0 Å². The normalized spacial score (nSPS) is 48.5. The number of hydrogen-bond acceptors (Lipinski definition) is 8. The number of nitrogens with one attached hydrogen (secondary N) is 1. The maximum absolute atomic E-state index is 14.0. The Morgan fingerprint density at radius 2 is 1.40 bits per heavy atom. The lowest BCUT2D eigenvalue weighted by Gasteiger charge is -2.55. The van der Waals surface area contributed by atoms with E-state index in [4.69, 9.17) is 24.4 Å². The lowest BCUT2D eigenvalue weighted by molar-refractivity contribution is -0.187. The molecule has 214 valence electrons. The molecule has 8 saturated carbocycles. The van der Waals surface area contributed by atoms with E-state index in [1.165, 1.54) is 38.5 Å². The summed E-state index contributed by atoms with van der Waals surface area (Å²) in [7, 11) is 0. The molecule has 8 bridgehead atoms. The molecule has 2 aliphatic heterocycles. The first-order valence-corrected chi connectivity index (χ1v) is 15.7. The predicted octanol–water partition coefficient (Wildman–Crippen LogP) is 3.91. The molecule has 10 aliphatic rings. The number of nitrogens with zero attached hydrogens (tertiary/aromatic N) is 2. The third-order valence-electron chi connectivity index (χ3n) is 12.2. The molecule has 9 nitrogen and oxygen atoms in total. The summed E-state index contributed by atoms with van der Waals surface area (Å²) >= 11 is 0. The highest BCUT2D eigenvalue weighted by Crippen LogP contribution is 2.62. The van der Waals surface area contributed by atoms with Crippen molar-refractivity contribution in [1.29, 1.82) is 5.41 Å². The van der Waals surface area contributed by atoms with Crippen LogP contribution in [0.4, 0.5) is 0 Å². The van der Waals surface area contributed by atoms with Crippen LogP contribution in [0.2, 0.25) is 0 Å². The molecule has 4 atom stereocenters. The van der Waals surface area contributed by atoms with E-state index in [0.717, 1.165) is 38.5 Å². The zero-order valence-corrected chi connectivity index (χ0v) is 23.0. The molecule has 1 saturated heterocycles. The maximum atomic E-state index is 14.0. The Hall–Kier alpha value is -2.42. The Morgan fingerprint density at radius 3 is 1.95 bits per heavy atom. The lowest BCUT2D eigenvalue weighted by Crippen LogP contribution is -2.53. The van der Waals surface area contributed by atoms with Crippen molar-refractivity contribution in [2.75, 3.05) is 6.61 Å². The highest BCUT2D eigenvalue weighted by atomic mass is 16.7. The fraction of sp³-hybridized carbons (Fsp3) is 0.806. The maximum Gasteiger partial charge on any atom is 0.312 e. The SMILES string of the molecule is N=c1ccn2c(n1)OC1C(OC(=O)C34CC5CC(CC(C5)C3)C4)C(COC(=O)C34CC5CC(CC(C5)C3)C4)OC12. The molecule has 9 fully saturated rings. The summed E-state index contributed by atoms with van der Waals surface area (Å²) in [5, 5.41) is 7.90. The monoisotopic (exact) mass is 549 g/mol. The molecule has 40 heavy (non-hydrogen) atoms. The second-order valence-electron chi connectivity index (χ2n) is 15.0. The van der Waals surface area contributed by atoms with E-state index < -0.39 is 30.0 Å². The molecule has 1 aromatic rings. The van der Waals surface area contributed by atoms with E-state index in [2.05, 4.69) is 4.98 Å². The number of hydrogen-bond donors (Lipinski definition) is 1. The number of carbonyl (C=O) groups excluding carboxylic acids is 2. The van der Waals surface area contributed by atoms with Gasteiger partial charge in [-0.3, -0.25) is 19.6 Å². The summed E-state index contributed by atoms with van der Waals surface area (Å²) in [6, 6.07) is 1.89. The third kappa shape index (κ3) is 3.54. The number of carbonyl (C=O) groups is 2. The summed E-state index contributed by atoms with van der Waals surface area (Å²) in [6.45, 7) is 0.0512. The van der Waals surface area contributed by atoms with Crippen LogP contribution in [0.3, 0.4) is 0 Å². The molecule has 1 aromatic heterocycles. The average molecular weight is 550 g/mol. The smallest absolute Gasteiger partial charge is 0.312 e. The number of rotatable bonds is 5. The Kier molecular flexibility index (Phi) is 5.04. The molecule has 0 spiro atoms. The molecule has 1 N–H and O–H groups in total. The van der Waals surface area contributed by atoms with Crippen molar-refractivity contribution in [2.24, 2.45) is 46.3 Å². The second-order valence-corrected chi connectivity index (χ2v) is 15.0. The van der Waals surface area contributed by atoms with Crippen LogP contribution in [-0.4, -0.2) is 46.4 Å². The topological polar surface area (TPSA) is 113 Å². The van der Waals surface area contributed by atoms with Crippen molar-refractivity contribution in [2.45, 2.75) is 102 Å². The van der Waals surface area contributed by atoms with Gasteiger partial charge >= 0.3 is 17.9 Å². The van der Waals surface area contributed by atoms with Gasteiger partial charge in [0, 0.05) is 6.20 Å². The van der Waals surface area contributed by atoms with Crippen LogP contribution in [0.15, 0.2) is 12.3 Å². The van der Waals surface area contributed by atoms with Gasteiger partial charge in [-0.05, 0) is 119 Å². The third-order valence-corrected chi connectivity index (χ3v) is 12.2. The van der Waals surface area contributed by atoms with Crippen LogP contribution in [0.1, 0.15) is 83.3 Å². The number of fused-ring (bicyclic) bond motifs is 3. The van der Waals surface area contributed by atoms with Crippen molar-refractivity contribution in [3.8, 4) is 6.01 Å². The van der Waals surface area contributed by atoms with Crippen molar-refractivity contribution < 1.29 is 28.5 Å². The molecule has 0 aromatic carbocycles. The van der Waals surface area contributed by atoms with Gasteiger partial charge in [0.05, 0.1) is 10.8 Å². The summed E-state index contributed by atoms with van der Waals surface area (Å²) in [5.41, 5.74) is -0.645. The van der Waals surface area contributed by atoms with Gasteiger partial charge in [-0.25, -0.2) is 0 Å². The highest BCUT2D eigenvalue weighted by molar-refractivity contribution is 5.78. The van der Waals surface area contributed by atoms with Gasteiger partial charge in [0.25, 0.3) is 0 Å². The van der Waals surface area contributed by atoms with Crippen LogP contribution in [0.25, 0.3) is 0 Å². The van der Waals surface area contributed by atoms with Crippen molar-refractivity contribution in [1.82, 2.24) is 9.55 Å². The van der Waals surface area contributed by atoms with Crippen LogP contribution < -0.4 is 10.2 Å². The minimum atomic E-state index is -0.703. The van der Waals surface area contributed by atoms with Crippen LogP contribution in [0.5, 0.6) is 6.01 Å². The second kappa shape index (κ2) is 8.33. The van der Waals surface area contributed by atoms with E-state index in [-0.39, 0.29) is 29.4 Å². The summed E-state index contributed by atoms with van der Waals surface area (Å²) < 4.78 is 26.8. The molecule has 8 aliphatic carbocycles. The van der Waals surface area contributed by atoms with Crippen molar-refractivity contribution in [3.63, 3.8) is 0 Å². The summed E-state index contributed by atoms with van der Waals surface area (Å²) in [4.78, 5) is 31.8. The molecule has 0 amide bonds. The molecule has 4 unspecified atom stereocenters. The zero-order valence-electron chi connectivity index (χ0n) is 23.0. The molecule has 9 heteroatoms. The van der Waals surface area contributed by atoms with E-state index in [1.807, 2.05) is 0 Å². The van der Waals surface area contributed by atoms with Gasteiger partial charge in [-0.1, -0.05) is 0 Å². The minimum Gasteiger partial charge on any atom is -0.462 e. The van der Waals surface area contributed by atoms with E-state index in [0.29, 0.717) is 41.5 Å². The van der Waals surface area contributed by atoms with Gasteiger partial charge in [0.15, 0.2) is 23.9 Å². The molecule has 0 radical (unpaired) electrons. The number of aromatic nitrogens is 2. The summed E-state index contributed by atoms with van der Waals surface area (Å²) in [5.74, 6) is 3.65. The quantitative estimate of drug-likeness (QED) is 0.554. The summed E-state index contributed by atoms with van der Waals surface area (Å²) in [6.07, 6.45) is 12.5.